The molecule has 4 rings (SSSR count). The largest absolute Gasteiger partial charge is 0.493 e. The SMILES string of the molecule is Cc1oc(-c2ccc(C(F)(F)F)cc2)nc1CCOc1cccc(COC(=O)C2CCN2)c1. The number of halogens is 3. The van der Waals surface area contributed by atoms with E-state index in [9.17, 15) is 18.0 Å². The molecule has 0 amide bonds. The predicted octanol–water partition coefficient (Wildman–Crippen LogP) is 4.70. The van der Waals surface area contributed by atoms with E-state index in [2.05, 4.69) is 10.3 Å². The van der Waals surface area contributed by atoms with Gasteiger partial charge in [-0.2, -0.15) is 13.2 Å². The van der Waals surface area contributed by atoms with Crippen LogP contribution in [0.1, 0.15) is 29.0 Å². The second-order valence-corrected chi connectivity index (χ2v) is 7.75. The molecule has 1 atom stereocenters. The summed E-state index contributed by atoms with van der Waals surface area (Å²) in [5, 5.41) is 3.00. The lowest BCUT2D eigenvalue weighted by molar-refractivity contribution is -0.149. The maximum atomic E-state index is 12.7. The molecule has 1 saturated heterocycles. The number of ether oxygens (including phenoxy) is 2. The van der Waals surface area contributed by atoms with Gasteiger partial charge in [0, 0.05) is 12.0 Å². The third-order valence-corrected chi connectivity index (χ3v) is 5.35. The van der Waals surface area contributed by atoms with Crippen molar-refractivity contribution >= 4 is 5.97 Å². The molecule has 1 aliphatic heterocycles. The van der Waals surface area contributed by atoms with Crippen molar-refractivity contribution in [1.29, 1.82) is 0 Å². The van der Waals surface area contributed by atoms with E-state index in [0.29, 0.717) is 35.8 Å². The average Bonchev–Trinajstić information content (AvgIpc) is 3.11. The van der Waals surface area contributed by atoms with Crippen LogP contribution in [0, 0.1) is 6.92 Å². The molecule has 1 N–H and O–H groups in total. The van der Waals surface area contributed by atoms with Crippen molar-refractivity contribution in [3.05, 3.63) is 71.1 Å². The Morgan fingerprint density at radius 3 is 2.64 bits per heavy atom. The number of oxazole rings is 1. The molecule has 3 aromatic rings. The Balaban J connectivity index is 1.31. The summed E-state index contributed by atoms with van der Waals surface area (Å²) in [6.07, 6.45) is -3.13. The Bertz CT molecular complexity index is 1110. The van der Waals surface area contributed by atoms with Crippen molar-refractivity contribution in [3.63, 3.8) is 0 Å². The van der Waals surface area contributed by atoms with Gasteiger partial charge in [-0.3, -0.25) is 4.79 Å². The third-order valence-electron chi connectivity index (χ3n) is 5.35. The van der Waals surface area contributed by atoms with Gasteiger partial charge in [-0.05, 0) is 61.9 Å². The van der Waals surface area contributed by atoms with Gasteiger partial charge in [0.15, 0.2) is 0 Å². The zero-order chi connectivity index (χ0) is 23.4. The molecule has 9 heteroatoms. The van der Waals surface area contributed by atoms with Gasteiger partial charge in [0.2, 0.25) is 5.89 Å². The lowest BCUT2D eigenvalue weighted by atomic mass is 10.1. The van der Waals surface area contributed by atoms with Gasteiger partial charge in [0.05, 0.1) is 17.9 Å². The van der Waals surface area contributed by atoms with Crippen molar-refractivity contribution in [2.75, 3.05) is 13.2 Å². The molecule has 0 saturated carbocycles. The Morgan fingerprint density at radius 2 is 1.97 bits per heavy atom. The van der Waals surface area contributed by atoms with E-state index in [1.54, 1.807) is 6.92 Å². The van der Waals surface area contributed by atoms with Crippen molar-refractivity contribution in [2.24, 2.45) is 0 Å². The topological polar surface area (TPSA) is 73.6 Å². The van der Waals surface area contributed by atoms with Crippen LogP contribution in [-0.2, 0) is 28.7 Å². The lowest BCUT2D eigenvalue weighted by Crippen LogP contribution is -2.49. The quantitative estimate of drug-likeness (QED) is 0.492. The second kappa shape index (κ2) is 9.66. The molecule has 1 unspecified atom stereocenters. The van der Waals surface area contributed by atoms with Crippen LogP contribution in [0.25, 0.3) is 11.5 Å². The second-order valence-electron chi connectivity index (χ2n) is 7.75. The number of benzene rings is 2. The van der Waals surface area contributed by atoms with E-state index in [1.165, 1.54) is 12.1 Å². The van der Waals surface area contributed by atoms with Gasteiger partial charge >= 0.3 is 12.1 Å². The van der Waals surface area contributed by atoms with Crippen LogP contribution < -0.4 is 10.1 Å². The lowest BCUT2D eigenvalue weighted by Gasteiger charge is -2.25. The van der Waals surface area contributed by atoms with Gasteiger partial charge in [-0.25, -0.2) is 4.98 Å². The van der Waals surface area contributed by atoms with E-state index in [1.807, 2.05) is 24.3 Å². The Morgan fingerprint density at radius 1 is 1.21 bits per heavy atom. The highest BCUT2D eigenvalue weighted by Crippen LogP contribution is 2.31. The number of hydrogen-bond acceptors (Lipinski definition) is 6. The van der Waals surface area contributed by atoms with Crippen LogP contribution >= 0.6 is 0 Å². The first-order valence-electron chi connectivity index (χ1n) is 10.6. The molecule has 0 spiro atoms. The van der Waals surface area contributed by atoms with Crippen LogP contribution in [0.5, 0.6) is 5.75 Å². The normalized spacial score (nSPS) is 15.7. The summed E-state index contributed by atoms with van der Waals surface area (Å²) in [7, 11) is 0. The molecule has 0 radical (unpaired) electrons. The average molecular weight is 460 g/mol. The predicted molar refractivity (Wildman–Crippen MR) is 114 cm³/mol. The Hall–Kier alpha value is -3.33. The van der Waals surface area contributed by atoms with Crippen LogP contribution in [-0.4, -0.2) is 30.1 Å². The number of aryl methyl sites for hydroxylation is 1. The van der Waals surface area contributed by atoms with Gasteiger partial charge in [0.25, 0.3) is 0 Å². The van der Waals surface area contributed by atoms with Crippen LogP contribution in [0.3, 0.4) is 0 Å². The minimum Gasteiger partial charge on any atom is -0.493 e. The molecule has 33 heavy (non-hydrogen) atoms. The van der Waals surface area contributed by atoms with Crippen molar-refractivity contribution in [1.82, 2.24) is 10.3 Å². The highest BCUT2D eigenvalue weighted by atomic mass is 19.4. The summed E-state index contributed by atoms with van der Waals surface area (Å²) in [5.41, 5.74) is 1.24. The van der Waals surface area contributed by atoms with Crippen molar-refractivity contribution in [2.45, 2.75) is 38.6 Å². The van der Waals surface area contributed by atoms with Gasteiger partial charge < -0.3 is 19.2 Å². The smallest absolute Gasteiger partial charge is 0.416 e. The Kier molecular flexibility index (Phi) is 6.69. The third kappa shape index (κ3) is 5.73. The summed E-state index contributed by atoms with van der Waals surface area (Å²) in [6.45, 7) is 3.09. The number of carbonyl (C=O) groups is 1. The van der Waals surface area contributed by atoms with Gasteiger partial charge in [-0.1, -0.05) is 12.1 Å². The summed E-state index contributed by atoms with van der Waals surface area (Å²) >= 11 is 0. The van der Waals surface area contributed by atoms with Gasteiger partial charge in [0.1, 0.15) is 24.2 Å². The van der Waals surface area contributed by atoms with E-state index in [4.69, 9.17) is 13.9 Å². The molecule has 0 bridgehead atoms. The molecular weight excluding hydrogens is 437 g/mol. The first kappa shape index (κ1) is 22.8. The fraction of sp³-hybridized carbons (Fsp3) is 0.333. The zero-order valence-electron chi connectivity index (χ0n) is 17.9. The maximum absolute atomic E-state index is 12.7. The molecule has 1 aliphatic rings. The minimum atomic E-state index is -4.39. The molecule has 2 heterocycles. The fourth-order valence-electron chi connectivity index (χ4n) is 3.32. The van der Waals surface area contributed by atoms with Crippen molar-refractivity contribution in [3.8, 4) is 17.2 Å². The summed E-state index contributed by atoms with van der Waals surface area (Å²) in [5.74, 6) is 1.23. The highest BCUT2D eigenvalue weighted by molar-refractivity contribution is 5.76. The summed E-state index contributed by atoms with van der Waals surface area (Å²) < 4.78 is 55.0. The standard InChI is InChI=1S/C24H23F3N2O4/c1-15-20(29-22(33-15)17-5-7-18(8-6-17)24(25,26)27)10-12-31-19-4-2-3-16(13-19)14-32-23(30)21-9-11-28-21/h2-8,13,21,28H,9-12,14H2,1H3. The molecule has 0 aliphatic carbocycles. The van der Waals surface area contributed by atoms with Crippen LogP contribution in [0.4, 0.5) is 13.2 Å². The molecular formula is C24H23F3N2O4. The number of alkyl halides is 3. The molecule has 6 nitrogen and oxygen atoms in total. The monoisotopic (exact) mass is 460 g/mol. The molecule has 2 aromatic carbocycles. The molecule has 1 aromatic heterocycles. The summed E-state index contributed by atoms with van der Waals surface area (Å²) in [6, 6.07) is 11.8. The molecule has 1 fully saturated rings. The Labute approximate surface area is 188 Å². The maximum Gasteiger partial charge on any atom is 0.416 e. The highest BCUT2D eigenvalue weighted by Gasteiger charge is 2.30. The first-order chi connectivity index (χ1) is 15.8. The van der Waals surface area contributed by atoms with E-state index >= 15 is 0 Å². The van der Waals surface area contributed by atoms with Crippen LogP contribution in [0.2, 0.25) is 0 Å². The number of aromatic nitrogens is 1. The van der Waals surface area contributed by atoms with Crippen LogP contribution in [0.15, 0.2) is 52.9 Å². The number of nitrogens with one attached hydrogen (secondary N) is 1. The number of carbonyl (C=O) groups excluding carboxylic acids is 1. The van der Waals surface area contributed by atoms with Crippen molar-refractivity contribution < 1.29 is 31.9 Å². The fourth-order valence-corrected chi connectivity index (χ4v) is 3.32. The van der Waals surface area contributed by atoms with Gasteiger partial charge in [-0.15, -0.1) is 0 Å². The number of esters is 1. The van der Waals surface area contributed by atoms with E-state index in [0.717, 1.165) is 30.7 Å². The van der Waals surface area contributed by atoms with E-state index < -0.39 is 11.7 Å². The number of nitrogens with zero attached hydrogens (tertiary/aromatic N) is 1. The minimum absolute atomic E-state index is 0.174. The molecule has 174 valence electrons. The first-order valence-corrected chi connectivity index (χ1v) is 10.6. The number of rotatable bonds is 8. The zero-order valence-corrected chi connectivity index (χ0v) is 17.9. The summed E-state index contributed by atoms with van der Waals surface area (Å²) in [4.78, 5) is 16.2. The number of hydrogen-bond donors (Lipinski definition) is 1. The van der Waals surface area contributed by atoms with E-state index in [-0.39, 0.29) is 24.5 Å².